The van der Waals surface area contributed by atoms with E-state index in [0.717, 1.165) is 11.1 Å². The van der Waals surface area contributed by atoms with Crippen molar-refractivity contribution in [2.45, 2.75) is 13.2 Å². The summed E-state index contributed by atoms with van der Waals surface area (Å²) < 4.78 is 10.6. The first kappa shape index (κ1) is 10.1. The Kier molecular flexibility index (Phi) is 2.23. The van der Waals surface area contributed by atoms with E-state index in [2.05, 4.69) is 0 Å². The molecule has 1 aromatic carbocycles. The Labute approximate surface area is 97.4 Å². The molecule has 86 valence electrons. The highest BCUT2D eigenvalue weighted by Gasteiger charge is 2.14. The maximum absolute atomic E-state index is 10.7. The molecule has 3 rings (SSSR count). The monoisotopic (exact) mass is 230 g/mol. The summed E-state index contributed by atoms with van der Waals surface area (Å²) in [5, 5.41) is 8.79. The molecule has 0 radical (unpaired) electrons. The fourth-order valence-electron chi connectivity index (χ4n) is 1.93. The minimum Gasteiger partial charge on any atom is -0.475 e. The molecule has 0 saturated heterocycles. The smallest absolute Gasteiger partial charge is 0.371 e. The summed E-state index contributed by atoms with van der Waals surface area (Å²) in [5.41, 5.74) is 3.19. The second-order valence-electron chi connectivity index (χ2n) is 3.95. The van der Waals surface area contributed by atoms with Crippen LogP contribution >= 0.6 is 0 Å². The van der Waals surface area contributed by atoms with Crippen molar-refractivity contribution in [3.05, 3.63) is 47.2 Å². The Bertz CT molecular complexity index is 583. The molecule has 4 nitrogen and oxygen atoms in total. The van der Waals surface area contributed by atoms with Crippen molar-refractivity contribution in [2.75, 3.05) is 0 Å². The van der Waals surface area contributed by atoms with Crippen molar-refractivity contribution in [2.24, 2.45) is 0 Å². The van der Waals surface area contributed by atoms with Crippen molar-refractivity contribution in [3.8, 4) is 11.3 Å². The van der Waals surface area contributed by atoms with Crippen molar-refractivity contribution in [1.29, 1.82) is 0 Å². The molecule has 0 unspecified atom stereocenters. The third-order valence-electron chi connectivity index (χ3n) is 2.82. The summed E-state index contributed by atoms with van der Waals surface area (Å²) in [5.74, 6) is -0.533. The van der Waals surface area contributed by atoms with Crippen LogP contribution in [0.3, 0.4) is 0 Å². The van der Waals surface area contributed by atoms with E-state index in [9.17, 15) is 4.79 Å². The first-order valence-electron chi connectivity index (χ1n) is 5.27. The Hall–Kier alpha value is -2.07. The van der Waals surface area contributed by atoms with Crippen LogP contribution in [0, 0.1) is 0 Å². The van der Waals surface area contributed by atoms with Crippen LogP contribution in [0.1, 0.15) is 21.7 Å². The van der Waals surface area contributed by atoms with E-state index in [0.29, 0.717) is 19.0 Å². The number of carboxylic acid groups (broad SMARTS) is 1. The second kappa shape index (κ2) is 3.75. The van der Waals surface area contributed by atoms with Crippen LogP contribution in [0.5, 0.6) is 0 Å². The molecule has 0 saturated carbocycles. The Morgan fingerprint density at radius 1 is 1.12 bits per heavy atom. The van der Waals surface area contributed by atoms with Gasteiger partial charge in [0.15, 0.2) is 0 Å². The third-order valence-corrected chi connectivity index (χ3v) is 2.82. The fraction of sp³-hybridized carbons (Fsp3) is 0.154. The first-order valence-corrected chi connectivity index (χ1v) is 5.27. The van der Waals surface area contributed by atoms with Gasteiger partial charge in [-0.25, -0.2) is 4.79 Å². The molecule has 0 aliphatic carbocycles. The largest absolute Gasteiger partial charge is 0.475 e. The molecule has 1 N–H and O–H groups in total. The molecule has 1 aromatic heterocycles. The van der Waals surface area contributed by atoms with Gasteiger partial charge in [0, 0.05) is 5.56 Å². The summed E-state index contributed by atoms with van der Waals surface area (Å²) in [6.07, 6.45) is 0. The second-order valence-corrected chi connectivity index (χ2v) is 3.95. The van der Waals surface area contributed by atoms with Gasteiger partial charge in [0.2, 0.25) is 5.76 Å². The fourth-order valence-corrected chi connectivity index (χ4v) is 1.93. The van der Waals surface area contributed by atoms with Gasteiger partial charge in [0.25, 0.3) is 0 Å². The molecular formula is C13H10O4. The molecule has 2 aromatic rings. The van der Waals surface area contributed by atoms with E-state index in [1.54, 1.807) is 6.07 Å². The van der Waals surface area contributed by atoms with Gasteiger partial charge in [-0.2, -0.15) is 0 Å². The molecule has 2 heterocycles. The lowest BCUT2D eigenvalue weighted by molar-refractivity contribution is 0.0663. The normalized spacial score (nSPS) is 13.6. The van der Waals surface area contributed by atoms with Gasteiger partial charge in [-0.05, 0) is 29.3 Å². The van der Waals surface area contributed by atoms with Gasteiger partial charge >= 0.3 is 5.97 Å². The highest BCUT2D eigenvalue weighted by molar-refractivity contribution is 5.85. The number of aromatic carboxylic acids is 1. The summed E-state index contributed by atoms with van der Waals surface area (Å²) in [4.78, 5) is 10.7. The number of ether oxygens (including phenoxy) is 1. The first-order chi connectivity index (χ1) is 8.24. The van der Waals surface area contributed by atoms with Crippen LogP contribution in [0.15, 0.2) is 34.7 Å². The number of fused-ring (bicyclic) bond motifs is 1. The molecule has 0 amide bonds. The Balaban J connectivity index is 2.00. The highest BCUT2D eigenvalue weighted by atomic mass is 16.5. The van der Waals surface area contributed by atoms with Gasteiger partial charge in [0.05, 0.1) is 13.2 Å². The summed E-state index contributed by atoms with van der Waals surface area (Å²) >= 11 is 0. The van der Waals surface area contributed by atoms with E-state index in [1.165, 1.54) is 11.6 Å². The molecule has 0 atom stereocenters. The molecule has 0 bridgehead atoms. The van der Waals surface area contributed by atoms with Gasteiger partial charge in [0.1, 0.15) is 5.76 Å². The zero-order valence-electron chi connectivity index (χ0n) is 8.97. The number of carboxylic acids is 1. The number of hydrogen-bond acceptors (Lipinski definition) is 3. The van der Waals surface area contributed by atoms with Crippen LogP contribution in [0.25, 0.3) is 11.3 Å². The lowest BCUT2D eigenvalue weighted by atomic mass is 10.1. The SMILES string of the molecule is O=C(O)c1ccc(-c2ccc3c(c2)COC3)o1. The summed E-state index contributed by atoms with van der Waals surface area (Å²) in [6, 6.07) is 9.01. The minimum atomic E-state index is -1.05. The quantitative estimate of drug-likeness (QED) is 0.861. The maximum Gasteiger partial charge on any atom is 0.371 e. The van der Waals surface area contributed by atoms with Crippen molar-refractivity contribution < 1.29 is 19.1 Å². The highest BCUT2D eigenvalue weighted by Crippen LogP contribution is 2.28. The zero-order chi connectivity index (χ0) is 11.8. The predicted molar refractivity (Wildman–Crippen MR) is 59.6 cm³/mol. The average Bonchev–Trinajstić information content (AvgIpc) is 2.97. The van der Waals surface area contributed by atoms with Gasteiger partial charge in [-0.1, -0.05) is 12.1 Å². The number of hydrogen-bond donors (Lipinski definition) is 1. The van der Waals surface area contributed by atoms with Crippen molar-refractivity contribution in [1.82, 2.24) is 0 Å². The van der Waals surface area contributed by atoms with Crippen LogP contribution in [-0.2, 0) is 18.0 Å². The van der Waals surface area contributed by atoms with Gasteiger partial charge in [-0.3, -0.25) is 0 Å². The summed E-state index contributed by atoms with van der Waals surface area (Å²) in [7, 11) is 0. The Morgan fingerprint density at radius 3 is 2.71 bits per heavy atom. The standard InChI is InChI=1S/C13H10O4/c14-13(15)12-4-3-11(17-12)8-1-2-9-6-16-7-10(9)5-8/h1-5H,6-7H2,(H,14,15). The number of carbonyl (C=O) groups is 1. The molecule has 1 aliphatic heterocycles. The van der Waals surface area contributed by atoms with Crippen LogP contribution in [0.4, 0.5) is 0 Å². The summed E-state index contributed by atoms with van der Waals surface area (Å²) in [6.45, 7) is 1.25. The van der Waals surface area contributed by atoms with Gasteiger partial charge < -0.3 is 14.3 Å². The molecule has 1 aliphatic rings. The lowest BCUT2D eigenvalue weighted by Crippen LogP contribution is -1.91. The van der Waals surface area contributed by atoms with Crippen LogP contribution in [-0.4, -0.2) is 11.1 Å². The molecule has 0 spiro atoms. The van der Waals surface area contributed by atoms with Crippen LogP contribution < -0.4 is 0 Å². The van der Waals surface area contributed by atoms with E-state index in [-0.39, 0.29) is 5.76 Å². The minimum absolute atomic E-state index is 0.0447. The number of rotatable bonds is 2. The predicted octanol–water partition coefficient (Wildman–Crippen LogP) is 2.68. The van der Waals surface area contributed by atoms with Gasteiger partial charge in [-0.15, -0.1) is 0 Å². The van der Waals surface area contributed by atoms with E-state index >= 15 is 0 Å². The molecule has 0 fully saturated rings. The topological polar surface area (TPSA) is 59.7 Å². The van der Waals surface area contributed by atoms with Crippen LogP contribution in [0.2, 0.25) is 0 Å². The molecule has 4 heteroatoms. The molecular weight excluding hydrogens is 220 g/mol. The molecule has 17 heavy (non-hydrogen) atoms. The van der Waals surface area contributed by atoms with E-state index < -0.39 is 5.97 Å². The maximum atomic E-state index is 10.7. The third kappa shape index (κ3) is 1.72. The Morgan fingerprint density at radius 2 is 1.94 bits per heavy atom. The average molecular weight is 230 g/mol. The van der Waals surface area contributed by atoms with E-state index in [1.807, 2.05) is 18.2 Å². The number of furan rings is 1. The zero-order valence-corrected chi connectivity index (χ0v) is 8.97. The van der Waals surface area contributed by atoms with Crippen molar-refractivity contribution >= 4 is 5.97 Å². The number of benzene rings is 1. The lowest BCUT2D eigenvalue weighted by Gasteiger charge is -2.00. The van der Waals surface area contributed by atoms with Crippen molar-refractivity contribution in [3.63, 3.8) is 0 Å². The van der Waals surface area contributed by atoms with E-state index in [4.69, 9.17) is 14.3 Å².